The summed E-state index contributed by atoms with van der Waals surface area (Å²) in [7, 11) is 0. The van der Waals surface area contributed by atoms with Crippen LogP contribution in [-0.4, -0.2) is 30.0 Å². The Morgan fingerprint density at radius 1 is 1.41 bits per heavy atom. The SMILES string of the molecule is Cc1cc(C(=O)NC2CCNCC2C)c2cc(Br)ccc2n1. The standard InChI is InChI=1S/C17H20BrN3O/c1-10-9-19-6-5-15(10)21-17(22)14-7-11(2)20-16-4-3-12(18)8-13(14)16/h3-4,7-8,10,15,19H,5-6,9H2,1-2H3,(H,21,22). The highest BCUT2D eigenvalue weighted by atomic mass is 79.9. The third-order valence-corrected chi connectivity index (χ3v) is 4.74. The summed E-state index contributed by atoms with van der Waals surface area (Å²) in [5.41, 5.74) is 2.42. The number of aromatic nitrogens is 1. The summed E-state index contributed by atoms with van der Waals surface area (Å²) >= 11 is 3.47. The number of carbonyl (C=O) groups is 1. The van der Waals surface area contributed by atoms with Crippen LogP contribution in [0.3, 0.4) is 0 Å². The van der Waals surface area contributed by atoms with Gasteiger partial charge in [-0.3, -0.25) is 9.78 Å². The minimum atomic E-state index is -0.00708. The first-order chi connectivity index (χ1) is 10.5. The van der Waals surface area contributed by atoms with Gasteiger partial charge in [0.05, 0.1) is 11.1 Å². The molecule has 2 heterocycles. The molecule has 4 nitrogen and oxygen atoms in total. The van der Waals surface area contributed by atoms with E-state index in [0.717, 1.165) is 40.6 Å². The molecule has 1 aliphatic heterocycles. The average Bonchev–Trinajstić information content (AvgIpc) is 2.49. The van der Waals surface area contributed by atoms with E-state index in [0.29, 0.717) is 11.5 Å². The van der Waals surface area contributed by atoms with Crippen LogP contribution in [0.4, 0.5) is 0 Å². The van der Waals surface area contributed by atoms with Gasteiger partial charge in [-0.2, -0.15) is 0 Å². The third kappa shape index (κ3) is 3.15. The van der Waals surface area contributed by atoms with Gasteiger partial charge < -0.3 is 10.6 Å². The Kier molecular flexibility index (Phi) is 4.45. The number of nitrogens with one attached hydrogen (secondary N) is 2. The number of hydrogen-bond acceptors (Lipinski definition) is 3. The van der Waals surface area contributed by atoms with Crippen molar-refractivity contribution < 1.29 is 4.79 Å². The van der Waals surface area contributed by atoms with Crippen molar-refractivity contribution in [2.45, 2.75) is 26.3 Å². The zero-order valence-electron chi connectivity index (χ0n) is 12.8. The quantitative estimate of drug-likeness (QED) is 0.864. The molecule has 0 radical (unpaired) electrons. The molecule has 0 aliphatic carbocycles. The monoisotopic (exact) mass is 361 g/mol. The number of benzene rings is 1. The molecular formula is C17H20BrN3O. The summed E-state index contributed by atoms with van der Waals surface area (Å²) in [5.74, 6) is 0.436. The van der Waals surface area contributed by atoms with E-state index in [9.17, 15) is 4.79 Å². The van der Waals surface area contributed by atoms with E-state index >= 15 is 0 Å². The van der Waals surface area contributed by atoms with Gasteiger partial charge in [-0.25, -0.2) is 0 Å². The van der Waals surface area contributed by atoms with Crippen molar-refractivity contribution in [3.63, 3.8) is 0 Å². The molecular weight excluding hydrogens is 342 g/mol. The Hall–Kier alpha value is -1.46. The molecule has 0 bridgehead atoms. The van der Waals surface area contributed by atoms with E-state index in [4.69, 9.17) is 0 Å². The second-order valence-electron chi connectivity index (χ2n) is 6.02. The van der Waals surface area contributed by atoms with E-state index < -0.39 is 0 Å². The van der Waals surface area contributed by atoms with Crippen LogP contribution in [0.5, 0.6) is 0 Å². The maximum absolute atomic E-state index is 12.8. The first kappa shape index (κ1) is 15.4. The fourth-order valence-electron chi connectivity index (χ4n) is 2.99. The average molecular weight is 362 g/mol. The summed E-state index contributed by atoms with van der Waals surface area (Å²) in [6.45, 7) is 6.00. The molecule has 2 atom stereocenters. The van der Waals surface area contributed by atoms with Crippen LogP contribution >= 0.6 is 15.9 Å². The van der Waals surface area contributed by atoms with Crippen LogP contribution < -0.4 is 10.6 Å². The molecule has 0 spiro atoms. The van der Waals surface area contributed by atoms with Gasteiger partial charge in [0.15, 0.2) is 0 Å². The lowest BCUT2D eigenvalue weighted by atomic mass is 9.94. The van der Waals surface area contributed by atoms with E-state index in [1.807, 2.05) is 31.2 Å². The van der Waals surface area contributed by atoms with Crippen molar-refractivity contribution >= 4 is 32.7 Å². The van der Waals surface area contributed by atoms with Crippen molar-refractivity contribution in [1.29, 1.82) is 0 Å². The number of hydrogen-bond donors (Lipinski definition) is 2. The Bertz CT molecular complexity index is 716. The van der Waals surface area contributed by atoms with Gasteiger partial charge in [0.2, 0.25) is 0 Å². The first-order valence-electron chi connectivity index (χ1n) is 7.63. The van der Waals surface area contributed by atoms with Crippen molar-refractivity contribution in [1.82, 2.24) is 15.6 Å². The molecule has 5 heteroatoms. The molecule has 2 aromatic rings. The maximum Gasteiger partial charge on any atom is 0.252 e. The number of carbonyl (C=O) groups excluding carboxylic acids is 1. The lowest BCUT2D eigenvalue weighted by molar-refractivity contribution is 0.0916. The Morgan fingerprint density at radius 3 is 3.00 bits per heavy atom. The molecule has 22 heavy (non-hydrogen) atoms. The predicted molar refractivity (Wildman–Crippen MR) is 92.1 cm³/mol. The number of amides is 1. The van der Waals surface area contributed by atoms with Crippen LogP contribution in [-0.2, 0) is 0 Å². The fourth-order valence-corrected chi connectivity index (χ4v) is 3.35. The molecule has 2 N–H and O–H groups in total. The predicted octanol–water partition coefficient (Wildman–Crippen LogP) is 3.03. The highest BCUT2D eigenvalue weighted by Crippen LogP contribution is 2.23. The van der Waals surface area contributed by atoms with E-state index in [-0.39, 0.29) is 11.9 Å². The largest absolute Gasteiger partial charge is 0.349 e. The van der Waals surface area contributed by atoms with E-state index in [1.165, 1.54) is 0 Å². The number of pyridine rings is 1. The minimum Gasteiger partial charge on any atom is -0.349 e. The third-order valence-electron chi connectivity index (χ3n) is 4.25. The van der Waals surface area contributed by atoms with Gasteiger partial charge in [0.25, 0.3) is 5.91 Å². The summed E-state index contributed by atoms with van der Waals surface area (Å²) in [6, 6.07) is 7.95. The molecule has 3 rings (SSSR count). The second kappa shape index (κ2) is 6.34. The Labute approximate surface area is 138 Å². The van der Waals surface area contributed by atoms with Crippen molar-refractivity contribution in [3.05, 3.63) is 40.0 Å². The molecule has 1 aliphatic rings. The van der Waals surface area contributed by atoms with Gasteiger partial charge in [-0.1, -0.05) is 22.9 Å². The lowest BCUT2D eigenvalue weighted by Gasteiger charge is -2.30. The van der Waals surface area contributed by atoms with Crippen molar-refractivity contribution in [2.75, 3.05) is 13.1 Å². The molecule has 1 fully saturated rings. The number of aryl methyl sites for hydroxylation is 1. The number of piperidine rings is 1. The molecule has 1 aromatic carbocycles. The van der Waals surface area contributed by atoms with Gasteiger partial charge in [-0.15, -0.1) is 0 Å². The molecule has 0 saturated carbocycles. The zero-order chi connectivity index (χ0) is 15.7. The van der Waals surface area contributed by atoms with Gasteiger partial charge in [0.1, 0.15) is 0 Å². The molecule has 1 aromatic heterocycles. The summed E-state index contributed by atoms with van der Waals surface area (Å²) in [5, 5.41) is 7.45. The molecule has 1 amide bonds. The number of halogens is 1. The number of fused-ring (bicyclic) bond motifs is 1. The minimum absolute atomic E-state index is 0.00708. The highest BCUT2D eigenvalue weighted by Gasteiger charge is 2.24. The lowest BCUT2D eigenvalue weighted by Crippen LogP contribution is -2.48. The van der Waals surface area contributed by atoms with Gasteiger partial charge in [0, 0.05) is 21.6 Å². The smallest absolute Gasteiger partial charge is 0.252 e. The number of nitrogens with zero attached hydrogens (tertiary/aromatic N) is 1. The van der Waals surface area contributed by atoms with Crippen LogP contribution in [0.1, 0.15) is 29.4 Å². The van der Waals surface area contributed by atoms with Crippen LogP contribution in [0, 0.1) is 12.8 Å². The van der Waals surface area contributed by atoms with Crippen LogP contribution in [0.15, 0.2) is 28.7 Å². The molecule has 1 saturated heterocycles. The Morgan fingerprint density at radius 2 is 2.23 bits per heavy atom. The van der Waals surface area contributed by atoms with Crippen LogP contribution in [0.2, 0.25) is 0 Å². The van der Waals surface area contributed by atoms with Crippen molar-refractivity contribution in [3.8, 4) is 0 Å². The fraction of sp³-hybridized carbons (Fsp3) is 0.412. The molecule has 116 valence electrons. The topological polar surface area (TPSA) is 54.0 Å². The summed E-state index contributed by atoms with van der Waals surface area (Å²) in [6.07, 6.45) is 0.971. The van der Waals surface area contributed by atoms with E-state index in [2.05, 4.69) is 38.5 Å². The second-order valence-corrected chi connectivity index (χ2v) is 6.94. The maximum atomic E-state index is 12.8. The normalized spacial score (nSPS) is 21.8. The van der Waals surface area contributed by atoms with E-state index in [1.54, 1.807) is 0 Å². The highest BCUT2D eigenvalue weighted by molar-refractivity contribution is 9.10. The Balaban J connectivity index is 1.94. The van der Waals surface area contributed by atoms with Gasteiger partial charge >= 0.3 is 0 Å². The zero-order valence-corrected chi connectivity index (χ0v) is 14.4. The van der Waals surface area contributed by atoms with Crippen LogP contribution in [0.25, 0.3) is 10.9 Å². The summed E-state index contributed by atoms with van der Waals surface area (Å²) < 4.78 is 0.954. The molecule has 2 unspecified atom stereocenters. The summed E-state index contributed by atoms with van der Waals surface area (Å²) in [4.78, 5) is 17.3. The number of rotatable bonds is 2. The first-order valence-corrected chi connectivity index (χ1v) is 8.42. The van der Waals surface area contributed by atoms with Crippen molar-refractivity contribution in [2.24, 2.45) is 5.92 Å². The van der Waals surface area contributed by atoms with Gasteiger partial charge in [-0.05, 0) is 56.6 Å².